The van der Waals surface area contributed by atoms with Gasteiger partial charge in [0, 0.05) is 11.8 Å². The van der Waals surface area contributed by atoms with Crippen LogP contribution in [0, 0.1) is 6.92 Å². The summed E-state index contributed by atoms with van der Waals surface area (Å²) in [6, 6.07) is 5.56. The molecule has 3 rings (SSSR count). The molecule has 1 aromatic heterocycles. The van der Waals surface area contributed by atoms with E-state index in [0.717, 1.165) is 22.0 Å². The third kappa shape index (κ3) is 2.72. The van der Waals surface area contributed by atoms with E-state index >= 15 is 0 Å². The summed E-state index contributed by atoms with van der Waals surface area (Å²) in [7, 11) is 0. The fourth-order valence-electron chi connectivity index (χ4n) is 2.09. The quantitative estimate of drug-likeness (QED) is 0.936. The summed E-state index contributed by atoms with van der Waals surface area (Å²) in [5, 5.41) is 13.3. The number of rotatable bonds is 3. The number of hydrogen-bond acceptors (Lipinski definition) is 5. The van der Waals surface area contributed by atoms with E-state index in [1.54, 1.807) is 11.3 Å². The van der Waals surface area contributed by atoms with Crippen LogP contribution in [0.4, 0.5) is 0 Å². The first-order chi connectivity index (χ1) is 9.22. The Bertz CT molecular complexity index is 582. The second kappa shape index (κ2) is 5.19. The molecule has 4 nitrogen and oxygen atoms in total. The van der Waals surface area contributed by atoms with Crippen molar-refractivity contribution in [1.82, 2.24) is 4.98 Å². The monoisotopic (exact) mass is 277 g/mol. The maximum Gasteiger partial charge on any atom is 0.161 e. The van der Waals surface area contributed by atoms with Crippen molar-refractivity contribution in [3.8, 4) is 11.5 Å². The predicted molar refractivity (Wildman–Crippen MR) is 72.9 cm³/mol. The maximum absolute atomic E-state index is 10.3. The number of aliphatic hydroxyl groups excluding tert-OH is 1. The molecule has 5 heteroatoms. The zero-order valence-corrected chi connectivity index (χ0v) is 11.4. The summed E-state index contributed by atoms with van der Waals surface area (Å²) in [4.78, 5) is 4.37. The van der Waals surface area contributed by atoms with Crippen molar-refractivity contribution in [3.63, 3.8) is 0 Å². The van der Waals surface area contributed by atoms with Crippen LogP contribution < -0.4 is 9.47 Å². The van der Waals surface area contributed by atoms with Crippen LogP contribution in [0.5, 0.6) is 11.5 Å². The molecule has 0 saturated carbocycles. The zero-order valence-electron chi connectivity index (χ0n) is 10.6. The number of nitrogens with zero attached hydrogens (tertiary/aromatic N) is 1. The average Bonchev–Trinajstić information content (AvgIpc) is 2.83. The molecule has 2 aromatic rings. The van der Waals surface area contributed by atoms with Crippen LogP contribution in [0.25, 0.3) is 0 Å². The van der Waals surface area contributed by atoms with E-state index < -0.39 is 6.10 Å². The molecule has 19 heavy (non-hydrogen) atoms. The molecule has 1 aromatic carbocycles. The van der Waals surface area contributed by atoms with Gasteiger partial charge in [-0.1, -0.05) is 6.07 Å². The Balaban J connectivity index is 1.77. The van der Waals surface area contributed by atoms with Crippen LogP contribution in [-0.4, -0.2) is 23.3 Å². The molecule has 100 valence electrons. The van der Waals surface area contributed by atoms with Gasteiger partial charge in [-0.2, -0.15) is 0 Å². The Morgan fingerprint density at radius 3 is 2.84 bits per heavy atom. The summed E-state index contributed by atoms with van der Waals surface area (Å²) in [6.07, 6.45) is -0.0541. The summed E-state index contributed by atoms with van der Waals surface area (Å²) in [6.45, 7) is 3.09. The van der Waals surface area contributed by atoms with Crippen LogP contribution >= 0.6 is 11.3 Å². The summed E-state index contributed by atoms with van der Waals surface area (Å²) < 4.78 is 11.0. The molecule has 1 atom stereocenters. The van der Waals surface area contributed by atoms with E-state index in [9.17, 15) is 5.11 Å². The highest BCUT2D eigenvalue weighted by molar-refractivity contribution is 7.09. The first-order valence-electron chi connectivity index (χ1n) is 6.21. The molecule has 1 unspecified atom stereocenters. The van der Waals surface area contributed by atoms with Crippen LogP contribution in [0.2, 0.25) is 0 Å². The highest BCUT2D eigenvalue weighted by Crippen LogP contribution is 2.33. The smallest absolute Gasteiger partial charge is 0.161 e. The molecule has 0 aliphatic carbocycles. The number of thiazole rings is 1. The normalized spacial score (nSPS) is 15.3. The van der Waals surface area contributed by atoms with Gasteiger partial charge in [0.1, 0.15) is 13.2 Å². The van der Waals surface area contributed by atoms with Crippen molar-refractivity contribution in [2.24, 2.45) is 0 Å². The highest BCUT2D eigenvalue weighted by atomic mass is 32.1. The maximum atomic E-state index is 10.3. The fourth-order valence-corrected chi connectivity index (χ4v) is 2.71. The lowest BCUT2D eigenvalue weighted by Gasteiger charge is -2.20. The van der Waals surface area contributed by atoms with Crippen LogP contribution in [-0.2, 0) is 6.42 Å². The van der Waals surface area contributed by atoms with Crippen LogP contribution in [0.1, 0.15) is 22.4 Å². The summed E-state index contributed by atoms with van der Waals surface area (Å²) >= 11 is 1.60. The van der Waals surface area contributed by atoms with E-state index in [1.165, 1.54) is 0 Å². The third-order valence-corrected chi connectivity index (χ3v) is 3.84. The van der Waals surface area contributed by atoms with E-state index in [4.69, 9.17) is 9.47 Å². The number of benzene rings is 1. The Hall–Kier alpha value is -1.59. The number of hydrogen-bond donors (Lipinski definition) is 1. The number of aromatic nitrogens is 1. The van der Waals surface area contributed by atoms with Crippen molar-refractivity contribution in [2.75, 3.05) is 13.2 Å². The number of aliphatic hydroxyl groups is 1. The summed E-state index contributed by atoms with van der Waals surface area (Å²) in [5.41, 5.74) is 1.75. The molecule has 1 aliphatic rings. The standard InChI is InChI=1S/C14H15NO3S/c1-9-15-11(8-19-9)7-12(16)10-2-3-13-14(6-10)18-5-4-17-13/h2-3,6,8,12,16H,4-5,7H2,1H3. The molecular formula is C14H15NO3S. The van der Waals surface area contributed by atoms with Gasteiger partial charge in [-0.3, -0.25) is 0 Å². The van der Waals surface area contributed by atoms with E-state index in [-0.39, 0.29) is 0 Å². The highest BCUT2D eigenvalue weighted by Gasteiger charge is 2.16. The molecule has 0 amide bonds. The van der Waals surface area contributed by atoms with Crippen LogP contribution in [0.3, 0.4) is 0 Å². The second-order valence-electron chi connectivity index (χ2n) is 4.48. The Morgan fingerprint density at radius 1 is 1.32 bits per heavy atom. The minimum atomic E-state index is -0.572. The van der Waals surface area contributed by atoms with Gasteiger partial charge in [-0.05, 0) is 24.6 Å². The van der Waals surface area contributed by atoms with Gasteiger partial charge in [-0.15, -0.1) is 11.3 Å². The lowest BCUT2D eigenvalue weighted by atomic mass is 10.0. The summed E-state index contributed by atoms with van der Waals surface area (Å²) in [5.74, 6) is 1.45. The zero-order chi connectivity index (χ0) is 13.2. The minimum absolute atomic E-state index is 0.518. The van der Waals surface area contributed by atoms with Gasteiger partial charge < -0.3 is 14.6 Å². The lowest BCUT2D eigenvalue weighted by Crippen LogP contribution is -2.15. The molecule has 0 radical (unpaired) electrons. The van der Waals surface area contributed by atoms with E-state index in [1.807, 2.05) is 30.5 Å². The SMILES string of the molecule is Cc1nc(CC(O)c2ccc3c(c2)OCCO3)cs1. The number of fused-ring (bicyclic) bond motifs is 1. The van der Waals surface area contributed by atoms with E-state index in [0.29, 0.717) is 25.4 Å². The first-order valence-corrected chi connectivity index (χ1v) is 7.09. The van der Waals surface area contributed by atoms with Crippen molar-refractivity contribution in [2.45, 2.75) is 19.4 Å². The van der Waals surface area contributed by atoms with Gasteiger partial charge in [-0.25, -0.2) is 4.98 Å². The number of aryl methyl sites for hydroxylation is 1. The van der Waals surface area contributed by atoms with E-state index in [2.05, 4.69) is 4.98 Å². The van der Waals surface area contributed by atoms with Crippen molar-refractivity contribution >= 4 is 11.3 Å². The average molecular weight is 277 g/mol. The van der Waals surface area contributed by atoms with Crippen LogP contribution in [0.15, 0.2) is 23.6 Å². The molecule has 1 N–H and O–H groups in total. The molecule has 0 fully saturated rings. The third-order valence-electron chi connectivity index (χ3n) is 3.02. The molecule has 0 bridgehead atoms. The Kier molecular flexibility index (Phi) is 3.40. The lowest BCUT2D eigenvalue weighted by molar-refractivity contribution is 0.164. The molecule has 0 spiro atoms. The predicted octanol–water partition coefficient (Wildman–Crippen LogP) is 2.50. The molecule has 2 heterocycles. The first kappa shape index (κ1) is 12.4. The van der Waals surface area contributed by atoms with Gasteiger partial charge in [0.15, 0.2) is 11.5 Å². The fraction of sp³-hybridized carbons (Fsp3) is 0.357. The van der Waals surface area contributed by atoms with Crippen molar-refractivity contribution in [3.05, 3.63) is 39.8 Å². The number of ether oxygens (including phenoxy) is 2. The second-order valence-corrected chi connectivity index (χ2v) is 5.54. The van der Waals surface area contributed by atoms with Gasteiger partial charge in [0.25, 0.3) is 0 Å². The molecule has 0 saturated heterocycles. The molecule has 1 aliphatic heterocycles. The Morgan fingerprint density at radius 2 is 2.11 bits per heavy atom. The minimum Gasteiger partial charge on any atom is -0.486 e. The topological polar surface area (TPSA) is 51.6 Å². The van der Waals surface area contributed by atoms with Gasteiger partial charge >= 0.3 is 0 Å². The molecular weight excluding hydrogens is 262 g/mol. The van der Waals surface area contributed by atoms with Crippen molar-refractivity contribution < 1.29 is 14.6 Å². The van der Waals surface area contributed by atoms with Crippen molar-refractivity contribution in [1.29, 1.82) is 0 Å². The van der Waals surface area contributed by atoms with Gasteiger partial charge in [0.2, 0.25) is 0 Å². The van der Waals surface area contributed by atoms with Gasteiger partial charge in [0.05, 0.1) is 16.8 Å². The Labute approximate surface area is 115 Å². The largest absolute Gasteiger partial charge is 0.486 e.